The Kier molecular flexibility index (Phi) is 3.32. The molecule has 1 fully saturated rings. The van der Waals surface area contributed by atoms with E-state index >= 15 is 0 Å². The normalized spacial score (nSPS) is 21.2. The molecule has 2 rings (SSSR count). The summed E-state index contributed by atoms with van der Waals surface area (Å²) in [5, 5.41) is 21.6. The lowest BCUT2D eigenvalue weighted by molar-refractivity contribution is 0.00578. The maximum atomic E-state index is 10.2. The highest BCUT2D eigenvalue weighted by Crippen LogP contribution is 2.37. The smallest absolute Gasteiger partial charge is 0.498 e. The first kappa shape index (κ1) is 13.9. The number of nitrogens with zero attached hydrogens (tertiary/aromatic N) is 1. The predicted molar refractivity (Wildman–Crippen MR) is 73.2 cm³/mol. The number of aromatic hydroxyl groups is 1. The molecule has 1 heterocycles. The minimum Gasteiger partial charge on any atom is -0.508 e. The monoisotopic (exact) mass is 263 g/mol. The Morgan fingerprint density at radius 3 is 2.26 bits per heavy atom. The molecule has 0 spiro atoms. The Morgan fingerprint density at radius 2 is 1.74 bits per heavy atom. The van der Waals surface area contributed by atoms with Gasteiger partial charge < -0.3 is 19.6 Å². The Balaban J connectivity index is 2.37. The van der Waals surface area contributed by atoms with Gasteiger partial charge in [-0.1, -0.05) is 17.3 Å². The highest BCUT2D eigenvalue weighted by atomic mass is 16.7. The number of oxime groups is 1. The third-order valence-electron chi connectivity index (χ3n) is 3.80. The van der Waals surface area contributed by atoms with Crippen LogP contribution in [0.3, 0.4) is 0 Å². The highest BCUT2D eigenvalue weighted by Gasteiger charge is 2.52. The number of hydrogen-bond donors (Lipinski definition) is 2. The molecule has 19 heavy (non-hydrogen) atoms. The van der Waals surface area contributed by atoms with Crippen molar-refractivity contribution in [2.45, 2.75) is 38.9 Å². The van der Waals surface area contributed by atoms with E-state index in [4.69, 9.17) is 14.5 Å². The molecule has 0 unspecified atom stereocenters. The molecule has 1 aromatic carbocycles. The average Bonchev–Trinajstić information content (AvgIpc) is 2.51. The fourth-order valence-corrected chi connectivity index (χ4v) is 1.91. The molecule has 2 N–H and O–H groups in total. The summed E-state index contributed by atoms with van der Waals surface area (Å²) in [6, 6.07) is 5.12. The van der Waals surface area contributed by atoms with E-state index in [9.17, 15) is 5.11 Å². The maximum Gasteiger partial charge on any atom is 0.498 e. The van der Waals surface area contributed by atoms with Gasteiger partial charge in [0.05, 0.1) is 17.4 Å². The van der Waals surface area contributed by atoms with E-state index in [0.29, 0.717) is 11.0 Å². The number of benzene rings is 1. The molecule has 0 atom stereocenters. The molecule has 1 aromatic rings. The first-order valence-electron chi connectivity index (χ1n) is 6.13. The van der Waals surface area contributed by atoms with Gasteiger partial charge in [-0.25, -0.2) is 0 Å². The van der Waals surface area contributed by atoms with Gasteiger partial charge in [0.25, 0.3) is 0 Å². The van der Waals surface area contributed by atoms with Crippen LogP contribution in [-0.4, -0.2) is 34.8 Å². The van der Waals surface area contributed by atoms with E-state index < -0.39 is 18.3 Å². The number of hydrogen-bond acceptors (Lipinski definition) is 5. The molecule has 0 amide bonds. The zero-order valence-corrected chi connectivity index (χ0v) is 11.5. The minimum absolute atomic E-state index is 0.00111. The molecule has 0 saturated carbocycles. The minimum atomic E-state index is -0.642. The zero-order chi connectivity index (χ0) is 14.3. The summed E-state index contributed by atoms with van der Waals surface area (Å²) >= 11 is 0. The van der Waals surface area contributed by atoms with Crippen molar-refractivity contribution < 1.29 is 19.6 Å². The fraction of sp³-hybridized carbons (Fsp3) is 0.462. The van der Waals surface area contributed by atoms with Crippen LogP contribution in [0, 0.1) is 0 Å². The van der Waals surface area contributed by atoms with Crippen molar-refractivity contribution in [2.75, 3.05) is 0 Å². The van der Waals surface area contributed by atoms with Crippen molar-refractivity contribution in [3.8, 4) is 5.75 Å². The lowest BCUT2D eigenvalue weighted by Crippen LogP contribution is -2.41. The standard InChI is InChI=1S/C13H18BNO4/c1-12(2)13(3,4)19-14(18-12)10-7-5-6-9(8-15-17)11(10)16/h5-8,16-17H,1-4H3/b15-8+. The van der Waals surface area contributed by atoms with Crippen LogP contribution in [0.1, 0.15) is 33.3 Å². The van der Waals surface area contributed by atoms with Crippen LogP contribution in [0.25, 0.3) is 0 Å². The predicted octanol–water partition coefficient (Wildman–Crippen LogP) is 1.50. The molecule has 5 nitrogen and oxygen atoms in total. The van der Waals surface area contributed by atoms with E-state index in [2.05, 4.69) is 5.16 Å². The summed E-state index contributed by atoms with van der Waals surface area (Å²) in [6.45, 7) is 7.79. The SMILES string of the molecule is CC1(C)OB(c2cccc(/C=N/O)c2O)OC1(C)C. The third-order valence-corrected chi connectivity index (χ3v) is 3.80. The largest absolute Gasteiger partial charge is 0.508 e. The van der Waals surface area contributed by atoms with Crippen molar-refractivity contribution >= 4 is 18.8 Å². The molecule has 6 heteroatoms. The summed E-state index contributed by atoms with van der Waals surface area (Å²) in [6.07, 6.45) is 1.17. The Bertz CT molecular complexity index is 497. The van der Waals surface area contributed by atoms with Crippen molar-refractivity contribution in [3.05, 3.63) is 23.8 Å². The molecule has 0 aromatic heterocycles. The van der Waals surface area contributed by atoms with Gasteiger partial charge in [0.15, 0.2) is 0 Å². The summed E-state index contributed by atoms with van der Waals surface area (Å²) < 4.78 is 11.7. The van der Waals surface area contributed by atoms with Crippen molar-refractivity contribution in [1.29, 1.82) is 0 Å². The summed E-state index contributed by atoms with van der Waals surface area (Å²) in [5.74, 6) is -0.00111. The van der Waals surface area contributed by atoms with Crippen molar-refractivity contribution in [3.63, 3.8) is 0 Å². The maximum absolute atomic E-state index is 10.2. The van der Waals surface area contributed by atoms with Crippen LogP contribution in [0.2, 0.25) is 0 Å². The lowest BCUT2D eigenvalue weighted by atomic mass is 9.77. The molecule has 1 aliphatic heterocycles. The summed E-state index contributed by atoms with van der Waals surface area (Å²) in [5.41, 5.74) is 0.00172. The fourth-order valence-electron chi connectivity index (χ4n) is 1.91. The Labute approximate surface area is 113 Å². The van der Waals surface area contributed by atoms with Crippen LogP contribution in [-0.2, 0) is 9.31 Å². The van der Waals surface area contributed by atoms with Crippen LogP contribution in [0.15, 0.2) is 23.4 Å². The van der Waals surface area contributed by atoms with Crippen molar-refractivity contribution in [2.24, 2.45) is 5.16 Å². The van der Waals surface area contributed by atoms with Gasteiger partial charge in [-0.05, 0) is 33.8 Å². The van der Waals surface area contributed by atoms with Crippen LogP contribution >= 0.6 is 0 Å². The topological polar surface area (TPSA) is 71.3 Å². The Morgan fingerprint density at radius 1 is 1.16 bits per heavy atom. The van der Waals surface area contributed by atoms with Crippen LogP contribution < -0.4 is 5.46 Å². The number of para-hydroxylation sites is 1. The molecule has 1 saturated heterocycles. The second-order valence-electron chi connectivity index (χ2n) is 5.62. The number of rotatable bonds is 2. The van der Waals surface area contributed by atoms with E-state index in [1.807, 2.05) is 27.7 Å². The van der Waals surface area contributed by atoms with Gasteiger partial charge in [0.2, 0.25) is 0 Å². The Hall–Kier alpha value is -1.53. The zero-order valence-electron chi connectivity index (χ0n) is 11.5. The van der Waals surface area contributed by atoms with Gasteiger partial charge in [-0.2, -0.15) is 0 Å². The van der Waals surface area contributed by atoms with Crippen LogP contribution in [0.5, 0.6) is 5.75 Å². The van der Waals surface area contributed by atoms with Crippen LogP contribution in [0.4, 0.5) is 0 Å². The van der Waals surface area contributed by atoms with Gasteiger partial charge in [-0.15, -0.1) is 0 Å². The molecular weight excluding hydrogens is 245 g/mol. The van der Waals surface area contributed by atoms with Gasteiger partial charge in [0.1, 0.15) is 5.75 Å². The second-order valence-corrected chi connectivity index (χ2v) is 5.62. The quantitative estimate of drug-likeness (QED) is 0.367. The second kappa shape index (κ2) is 4.54. The van der Waals surface area contributed by atoms with E-state index in [1.165, 1.54) is 6.21 Å². The number of phenols is 1. The van der Waals surface area contributed by atoms with Gasteiger partial charge >= 0.3 is 7.12 Å². The molecule has 0 aliphatic carbocycles. The van der Waals surface area contributed by atoms with E-state index in [0.717, 1.165) is 0 Å². The molecule has 0 bridgehead atoms. The summed E-state index contributed by atoms with van der Waals surface area (Å²) in [4.78, 5) is 0. The van der Waals surface area contributed by atoms with E-state index in [-0.39, 0.29) is 5.75 Å². The third kappa shape index (κ3) is 2.33. The van der Waals surface area contributed by atoms with Crippen molar-refractivity contribution in [1.82, 2.24) is 0 Å². The lowest BCUT2D eigenvalue weighted by Gasteiger charge is -2.32. The van der Waals surface area contributed by atoms with Gasteiger partial charge in [0, 0.05) is 11.0 Å². The van der Waals surface area contributed by atoms with Gasteiger partial charge in [-0.3, -0.25) is 0 Å². The van der Waals surface area contributed by atoms with E-state index in [1.54, 1.807) is 18.2 Å². The summed E-state index contributed by atoms with van der Waals surface area (Å²) in [7, 11) is -0.642. The first-order chi connectivity index (χ1) is 8.78. The molecule has 102 valence electrons. The first-order valence-corrected chi connectivity index (χ1v) is 6.13. The number of phenolic OH excluding ortho intramolecular Hbond substituents is 1. The molecular formula is C13H18BNO4. The molecule has 0 radical (unpaired) electrons. The highest BCUT2D eigenvalue weighted by molar-refractivity contribution is 6.63. The molecule has 1 aliphatic rings. The average molecular weight is 263 g/mol.